The van der Waals surface area contributed by atoms with Crippen LogP contribution in [0.25, 0.3) is 5.69 Å². The van der Waals surface area contributed by atoms with E-state index in [1.165, 1.54) is 25.1 Å². The third-order valence-corrected chi connectivity index (χ3v) is 6.10. The highest BCUT2D eigenvalue weighted by atomic mass is 16.5. The molecule has 3 aromatic rings. The quantitative estimate of drug-likeness (QED) is 0.521. The van der Waals surface area contributed by atoms with Crippen LogP contribution < -0.4 is 11.1 Å². The van der Waals surface area contributed by atoms with Gasteiger partial charge in [0.05, 0.1) is 18.0 Å². The molecule has 1 saturated heterocycles. The number of ether oxygens (including phenoxy) is 1. The third-order valence-electron chi connectivity index (χ3n) is 6.10. The topological polar surface area (TPSA) is 85.4 Å². The van der Waals surface area contributed by atoms with Gasteiger partial charge in [-0.2, -0.15) is 5.10 Å². The molecule has 1 aliphatic heterocycles. The smallest absolute Gasteiger partial charge is 0.317 e. The summed E-state index contributed by atoms with van der Waals surface area (Å²) >= 11 is 0. The number of hydrogen-bond donors (Lipinski definition) is 2. The van der Waals surface area contributed by atoms with Crippen molar-refractivity contribution in [1.29, 1.82) is 0 Å². The first-order chi connectivity index (χ1) is 16.4. The van der Waals surface area contributed by atoms with Crippen molar-refractivity contribution in [3.8, 4) is 5.69 Å². The van der Waals surface area contributed by atoms with Crippen LogP contribution in [0.2, 0.25) is 0 Å². The molecule has 1 fully saturated rings. The third kappa shape index (κ3) is 6.68. The molecule has 2 amide bonds. The van der Waals surface area contributed by atoms with Gasteiger partial charge in [-0.1, -0.05) is 62.4 Å². The van der Waals surface area contributed by atoms with Crippen molar-refractivity contribution in [1.82, 2.24) is 14.7 Å². The summed E-state index contributed by atoms with van der Waals surface area (Å²) in [5.74, 6) is 1.63. The number of urea groups is 1. The van der Waals surface area contributed by atoms with Crippen molar-refractivity contribution in [3.63, 3.8) is 0 Å². The Balaban J connectivity index is 0.000000196. The van der Waals surface area contributed by atoms with Gasteiger partial charge < -0.3 is 15.4 Å². The molecule has 182 valence electrons. The number of nitrogens with two attached hydrogens (primary N) is 1. The first-order valence-electron chi connectivity index (χ1n) is 11.9. The number of amides is 2. The number of methoxy groups -OCH3 is 1. The molecule has 3 N–H and O–H groups in total. The fourth-order valence-corrected chi connectivity index (χ4v) is 4.33. The van der Waals surface area contributed by atoms with Crippen LogP contribution in [0.5, 0.6) is 0 Å². The Labute approximate surface area is 202 Å². The molecular formula is C27H37N5O2. The van der Waals surface area contributed by atoms with Crippen LogP contribution in [-0.2, 0) is 4.74 Å². The molecule has 34 heavy (non-hydrogen) atoms. The molecule has 0 spiro atoms. The normalized spacial score (nSPS) is 15.7. The summed E-state index contributed by atoms with van der Waals surface area (Å²) in [7, 11) is 1.77. The molecule has 0 aliphatic carbocycles. The number of nitrogens with one attached hydrogen (secondary N) is 1. The van der Waals surface area contributed by atoms with Gasteiger partial charge in [0.1, 0.15) is 5.82 Å². The highest BCUT2D eigenvalue weighted by Gasteiger charge is 2.23. The van der Waals surface area contributed by atoms with Gasteiger partial charge in [-0.25, -0.2) is 9.48 Å². The number of benzene rings is 2. The summed E-state index contributed by atoms with van der Waals surface area (Å²) in [5, 5.41) is 7.23. The van der Waals surface area contributed by atoms with Crippen molar-refractivity contribution in [2.75, 3.05) is 38.7 Å². The van der Waals surface area contributed by atoms with Gasteiger partial charge in [0.15, 0.2) is 0 Å². The average Bonchev–Trinajstić information content (AvgIpc) is 3.44. The summed E-state index contributed by atoms with van der Waals surface area (Å²) in [4.78, 5) is 13.6. The lowest BCUT2D eigenvalue weighted by Crippen LogP contribution is -2.24. The summed E-state index contributed by atoms with van der Waals surface area (Å²) < 4.78 is 6.82. The molecule has 0 radical (unpaired) electrons. The Hall–Kier alpha value is -3.16. The maximum Gasteiger partial charge on any atom is 0.317 e. The number of hydrogen-bond acceptors (Lipinski definition) is 4. The number of nitrogens with zero attached hydrogens (tertiary/aromatic N) is 3. The summed E-state index contributed by atoms with van der Waals surface area (Å²) in [6.45, 7) is 10.4. The molecule has 4 rings (SSSR count). The van der Waals surface area contributed by atoms with Crippen LogP contribution >= 0.6 is 0 Å². The standard InChI is InChI=1S/C14H18N4O.C13H19NO/c1-9(2)12-10(3)13(16-14(15)19)18(17-12)11-7-5-4-6-8-11;1-15-10-9-14-8-7-13(11-14)12-5-3-2-4-6-12/h4-9H,1-3H3,(H3,15,16,19);2-6,13H,7-11H2,1H3. The molecule has 0 bridgehead atoms. The van der Waals surface area contributed by atoms with Crippen LogP contribution in [0.1, 0.15) is 48.9 Å². The average molecular weight is 464 g/mol. The highest BCUT2D eigenvalue weighted by molar-refractivity contribution is 5.88. The lowest BCUT2D eigenvalue weighted by Gasteiger charge is -2.15. The van der Waals surface area contributed by atoms with E-state index in [1.807, 2.05) is 37.3 Å². The van der Waals surface area contributed by atoms with Crippen LogP contribution in [0.4, 0.5) is 10.6 Å². The number of rotatable bonds is 7. The van der Waals surface area contributed by atoms with Crippen LogP contribution in [0.15, 0.2) is 60.7 Å². The molecule has 1 atom stereocenters. The van der Waals surface area contributed by atoms with E-state index in [4.69, 9.17) is 10.5 Å². The van der Waals surface area contributed by atoms with E-state index in [1.54, 1.807) is 11.8 Å². The van der Waals surface area contributed by atoms with Gasteiger partial charge in [0.2, 0.25) is 0 Å². The second-order valence-electron chi connectivity index (χ2n) is 8.94. The number of anilines is 1. The summed E-state index contributed by atoms with van der Waals surface area (Å²) in [5.41, 5.74) is 9.50. The van der Waals surface area contributed by atoms with Crippen molar-refractivity contribution in [2.24, 2.45) is 5.73 Å². The monoisotopic (exact) mass is 463 g/mol. The molecule has 7 heteroatoms. The van der Waals surface area contributed by atoms with Crippen LogP contribution in [-0.4, -0.2) is 54.1 Å². The fourth-order valence-electron chi connectivity index (χ4n) is 4.33. The van der Waals surface area contributed by atoms with Crippen molar-refractivity contribution in [3.05, 3.63) is 77.5 Å². The SMILES string of the molecule is COCCN1CCC(c2ccccc2)C1.Cc1c(C(C)C)nn(-c2ccccc2)c1NC(N)=O. The number of carbonyl (C=O) groups is 1. The van der Waals surface area contributed by atoms with E-state index >= 15 is 0 Å². The Kier molecular flexibility index (Phi) is 9.24. The minimum atomic E-state index is -0.588. The highest BCUT2D eigenvalue weighted by Crippen LogP contribution is 2.28. The van der Waals surface area contributed by atoms with Crippen molar-refractivity contribution in [2.45, 2.75) is 39.0 Å². The molecule has 2 aromatic carbocycles. The fraction of sp³-hybridized carbons (Fsp3) is 0.407. The molecule has 2 heterocycles. The number of carbonyl (C=O) groups excluding carboxylic acids is 1. The Morgan fingerprint density at radius 1 is 1.15 bits per heavy atom. The molecule has 1 aromatic heterocycles. The Morgan fingerprint density at radius 3 is 2.38 bits per heavy atom. The van der Waals surface area contributed by atoms with Gasteiger partial charge >= 0.3 is 6.03 Å². The van der Waals surface area contributed by atoms with E-state index in [-0.39, 0.29) is 5.92 Å². The van der Waals surface area contributed by atoms with Gasteiger partial charge in [-0.3, -0.25) is 5.32 Å². The second-order valence-corrected chi connectivity index (χ2v) is 8.94. The zero-order valence-electron chi connectivity index (χ0n) is 20.7. The van der Waals surface area contributed by atoms with E-state index in [0.29, 0.717) is 5.82 Å². The largest absolute Gasteiger partial charge is 0.383 e. The van der Waals surface area contributed by atoms with E-state index in [2.05, 4.69) is 59.5 Å². The van der Waals surface area contributed by atoms with Crippen LogP contribution in [0.3, 0.4) is 0 Å². The minimum absolute atomic E-state index is 0.276. The molecule has 1 unspecified atom stereocenters. The van der Waals surface area contributed by atoms with Crippen LogP contribution in [0, 0.1) is 6.92 Å². The van der Waals surface area contributed by atoms with Crippen molar-refractivity contribution < 1.29 is 9.53 Å². The lowest BCUT2D eigenvalue weighted by molar-refractivity contribution is 0.160. The Bertz CT molecular complexity index is 1030. The number of likely N-dealkylation sites (tertiary alicyclic amines) is 1. The maximum atomic E-state index is 11.2. The lowest BCUT2D eigenvalue weighted by atomic mass is 9.99. The Morgan fingerprint density at radius 2 is 1.79 bits per heavy atom. The summed E-state index contributed by atoms with van der Waals surface area (Å²) in [6.07, 6.45) is 1.29. The van der Waals surface area contributed by atoms with Gasteiger partial charge in [0.25, 0.3) is 0 Å². The zero-order valence-corrected chi connectivity index (χ0v) is 20.7. The van der Waals surface area contributed by atoms with Crippen molar-refractivity contribution >= 4 is 11.8 Å². The van der Waals surface area contributed by atoms with E-state index < -0.39 is 6.03 Å². The van der Waals surface area contributed by atoms with Gasteiger partial charge in [-0.15, -0.1) is 0 Å². The first kappa shape index (κ1) is 25.5. The molecule has 0 saturated carbocycles. The number of aromatic nitrogens is 2. The first-order valence-corrected chi connectivity index (χ1v) is 11.9. The predicted octanol–water partition coefficient (Wildman–Crippen LogP) is 4.92. The zero-order chi connectivity index (χ0) is 24.5. The molecular weight excluding hydrogens is 426 g/mol. The number of para-hydroxylation sites is 1. The minimum Gasteiger partial charge on any atom is -0.383 e. The predicted molar refractivity (Wildman–Crippen MR) is 138 cm³/mol. The van der Waals surface area contributed by atoms with Gasteiger partial charge in [-0.05, 0) is 49.4 Å². The maximum absolute atomic E-state index is 11.2. The molecule has 7 nitrogen and oxygen atoms in total. The van der Waals surface area contributed by atoms with Gasteiger partial charge in [0, 0.05) is 25.8 Å². The molecule has 1 aliphatic rings. The van der Waals surface area contributed by atoms with E-state index in [9.17, 15) is 4.79 Å². The van der Waals surface area contributed by atoms with E-state index in [0.717, 1.165) is 36.0 Å². The second kappa shape index (κ2) is 12.3. The number of primary amides is 1. The summed E-state index contributed by atoms with van der Waals surface area (Å²) in [6, 6.07) is 19.9.